The van der Waals surface area contributed by atoms with Gasteiger partial charge in [-0.1, -0.05) is 6.07 Å². The molecule has 3 aromatic heterocycles. The van der Waals surface area contributed by atoms with Crippen LogP contribution in [0.3, 0.4) is 0 Å². The lowest BCUT2D eigenvalue weighted by Crippen LogP contribution is -2.07. The van der Waals surface area contributed by atoms with E-state index in [4.69, 9.17) is 29.9 Å². The van der Waals surface area contributed by atoms with Gasteiger partial charge in [0.1, 0.15) is 33.1 Å². The Morgan fingerprint density at radius 3 is 0.637 bits per heavy atom. The van der Waals surface area contributed by atoms with Gasteiger partial charge in [0.15, 0.2) is 0 Å². The Morgan fingerprint density at radius 1 is 0.220 bits per heavy atom. The summed E-state index contributed by atoms with van der Waals surface area (Å²) < 4.78 is 0. The summed E-state index contributed by atoms with van der Waals surface area (Å²) in [5, 5.41) is 147. The molecule has 42 heteroatoms. The molecule has 3 heterocycles. The standard InChI is InChI=1S/C49H20N18O24/c68-56(69)27-7-1-20(14-33(27)62(80)81)13-26-39(21-2-8-28(57(70)71)34(15-21)63(82)83)51-45-44(50-26)46-48(54-41(23-4-10-30(59(74)75)36(17-23)65(86)87)40(52-46)22-3-9-29(58(72)73)35(16-22)64(84)85)49-47(45)53-42(24-5-11-31(60(76)77)37(18-24)66(88)89)43(55-49)25-6-12-32(61(78)79)38(19-25)67(90)91/h1-12,14-19H,13H2. The molecule has 0 aliphatic carbocycles. The molecule has 10 rings (SSSR count). The molecule has 0 atom stereocenters. The van der Waals surface area contributed by atoms with Gasteiger partial charge in [-0.25, -0.2) is 29.9 Å². The van der Waals surface area contributed by atoms with E-state index in [1.165, 1.54) is 0 Å². The van der Waals surface area contributed by atoms with Crippen molar-refractivity contribution < 1.29 is 59.1 Å². The van der Waals surface area contributed by atoms with Crippen molar-refractivity contribution in [3.8, 4) is 56.3 Å². The summed E-state index contributed by atoms with van der Waals surface area (Å²) in [6.07, 6.45) is -0.748. The molecular weight excluding hydrogens is 1220 g/mol. The SMILES string of the molecule is O=[N+]([O-])c1ccc(Cc2nc3c(nc2-c2ccc([N+](=O)[O-])c([N+](=O)[O-])c2)c2nc(-c4ccc([N+](=O)[O-])c([N+](=O)[O-])c4)c(-c4ccc([N+](=O)[O-])c([N+](=O)[O-])c4)nc2c2nc(-c4ccc([N+](=O)[O-])c([N+](=O)[O-])c4)c(-c4ccc([N+](=O)[O-])c([N+](=O)[O-])c4)nc32)cc1[N+](=O)[O-]. The molecule has 0 spiro atoms. The molecule has 0 saturated heterocycles. The molecule has 0 radical (unpaired) electrons. The van der Waals surface area contributed by atoms with Crippen molar-refractivity contribution in [2.45, 2.75) is 6.42 Å². The Labute approximate surface area is 493 Å². The third kappa shape index (κ3) is 10.6. The molecule has 42 nitrogen and oxygen atoms in total. The Balaban J connectivity index is 1.48. The fraction of sp³-hybridized carbons (Fsp3) is 0.0204. The van der Waals surface area contributed by atoms with Crippen molar-refractivity contribution in [2.24, 2.45) is 0 Å². The number of fused-ring (bicyclic) bond motifs is 6. The number of nitro benzene ring substituents is 12. The second-order valence-corrected chi connectivity index (χ2v) is 18.6. The first-order valence-corrected chi connectivity index (χ1v) is 24.4. The van der Waals surface area contributed by atoms with Crippen molar-refractivity contribution in [1.82, 2.24) is 29.9 Å². The quantitative estimate of drug-likeness (QED) is 0.0412. The van der Waals surface area contributed by atoms with E-state index < -0.39 is 229 Å². The topological polar surface area (TPSA) is 595 Å². The lowest BCUT2D eigenvalue weighted by Gasteiger charge is -2.17. The van der Waals surface area contributed by atoms with E-state index in [1.807, 2.05) is 0 Å². The Hall–Kier alpha value is -14.6. The van der Waals surface area contributed by atoms with Crippen LogP contribution in [0.25, 0.3) is 89.4 Å². The van der Waals surface area contributed by atoms with Crippen LogP contribution in [0.4, 0.5) is 68.2 Å². The molecule has 0 N–H and O–H groups in total. The highest BCUT2D eigenvalue weighted by molar-refractivity contribution is 6.20. The van der Waals surface area contributed by atoms with E-state index in [0.717, 1.165) is 48.5 Å². The zero-order chi connectivity index (χ0) is 65.9. The van der Waals surface area contributed by atoms with E-state index in [1.54, 1.807) is 0 Å². The smallest absolute Gasteiger partial charge is 0.258 e. The average molecular weight is 1240 g/mol. The largest absolute Gasteiger partial charge is 0.346 e. The van der Waals surface area contributed by atoms with Crippen LogP contribution in [0.5, 0.6) is 0 Å². The second kappa shape index (κ2) is 22.4. The molecule has 0 unspecified atom stereocenters. The number of hydrogen-bond donors (Lipinski definition) is 0. The Kier molecular flexibility index (Phi) is 14.7. The molecule has 0 bridgehead atoms. The molecule has 91 heavy (non-hydrogen) atoms. The Morgan fingerprint density at radius 2 is 0.407 bits per heavy atom. The van der Waals surface area contributed by atoms with E-state index in [0.29, 0.717) is 60.7 Å². The Bertz CT molecular complexity index is 5010. The van der Waals surface area contributed by atoms with Gasteiger partial charge < -0.3 is 0 Å². The minimum atomic E-state index is -1.21. The number of rotatable bonds is 19. The monoisotopic (exact) mass is 1240 g/mol. The van der Waals surface area contributed by atoms with Crippen LogP contribution in [-0.2, 0) is 6.42 Å². The fourth-order valence-electron chi connectivity index (χ4n) is 9.52. The number of hydrogen-bond acceptors (Lipinski definition) is 30. The minimum absolute atomic E-state index is 0.204. The summed E-state index contributed by atoms with van der Waals surface area (Å²) in [7, 11) is 0. The maximum absolute atomic E-state index is 12.5. The van der Waals surface area contributed by atoms with E-state index in [-0.39, 0.29) is 5.56 Å². The van der Waals surface area contributed by atoms with Gasteiger partial charge in [0.2, 0.25) is 0 Å². The number of nitrogens with zero attached hydrogens (tertiary/aromatic N) is 18. The first-order chi connectivity index (χ1) is 43.0. The maximum atomic E-state index is 12.5. The van der Waals surface area contributed by atoms with Gasteiger partial charge in [0, 0.05) is 107 Å². The zero-order valence-electron chi connectivity index (χ0n) is 43.9. The summed E-state index contributed by atoms with van der Waals surface area (Å²) in [5.74, 6) is 0. The molecule has 0 fully saturated rings. The van der Waals surface area contributed by atoms with Crippen LogP contribution < -0.4 is 0 Å². The van der Waals surface area contributed by atoms with Crippen LogP contribution in [-0.4, -0.2) is 89.0 Å². The summed E-state index contributed by atoms with van der Waals surface area (Å²) in [5.41, 5.74) is -23.7. The third-order valence-electron chi connectivity index (χ3n) is 13.4. The van der Waals surface area contributed by atoms with Crippen LogP contribution in [0, 0.1) is 121 Å². The van der Waals surface area contributed by atoms with Crippen LogP contribution >= 0.6 is 0 Å². The molecular formula is C49H20N18O24. The summed E-state index contributed by atoms with van der Waals surface area (Å²) in [4.78, 5) is 162. The van der Waals surface area contributed by atoms with Gasteiger partial charge >= 0.3 is 68.2 Å². The van der Waals surface area contributed by atoms with Gasteiger partial charge in [-0.3, -0.25) is 121 Å². The number of benzene rings is 7. The summed E-state index contributed by atoms with van der Waals surface area (Å²) >= 11 is 0. The minimum Gasteiger partial charge on any atom is -0.258 e. The van der Waals surface area contributed by atoms with E-state index in [2.05, 4.69) is 0 Å². The highest BCUT2D eigenvalue weighted by Crippen LogP contribution is 2.46. The third-order valence-corrected chi connectivity index (χ3v) is 13.4. The fourth-order valence-corrected chi connectivity index (χ4v) is 9.52. The first kappa shape index (κ1) is 59.5. The van der Waals surface area contributed by atoms with Gasteiger partial charge in [-0.15, -0.1) is 0 Å². The van der Waals surface area contributed by atoms with Crippen molar-refractivity contribution in [3.63, 3.8) is 0 Å². The second-order valence-electron chi connectivity index (χ2n) is 18.6. The predicted molar refractivity (Wildman–Crippen MR) is 302 cm³/mol. The molecule has 450 valence electrons. The van der Waals surface area contributed by atoms with Gasteiger partial charge in [-0.2, -0.15) is 0 Å². The van der Waals surface area contributed by atoms with E-state index in [9.17, 15) is 121 Å². The van der Waals surface area contributed by atoms with Gasteiger partial charge in [0.05, 0.1) is 93.2 Å². The molecule has 0 saturated carbocycles. The lowest BCUT2D eigenvalue weighted by atomic mass is 9.99. The van der Waals surface area contributed by atoms with Gasteiger partial charge in [-0.05, 0) is 35.9 Å². The average Bonchev–Trinajstić information content (AvgIpc) is 0.715. The maximum Gasteiger partial charge on any atom is 0.346 e. The van der Waals surface area contributed by atoms with Crippen LogP contribution in [0.2, 0.25) is 0 Å². The van der Waals surface area contributed by atoms with Crippen molar-refractivity contribution in [1.29, 1.82) is 0 Å². The molecule has 0 aliphatic rings. The normalized spacial score (nSPS) is 11.1. The number of aromatic nitrogens is 6. The molecule has 0 aliphatic heterocycles. The molecule has 7 aromatic carbocycles. The van der Waals surface area contributed by atoms with Crippen LogP contribution in [0.1, 0.15) is 11.3 Å². The van der Waals surface area contributed by atoms with Crippen molar-refractivity contribution in [3.05, 3.63) is 242 Å². The summed E-state index contributed by atoms with van der Waals surface area (Å²) in [6.45, 7) is 0. The van der Waals surface area contributed by atoms with Crippen LogP contribution in [0.15, 0.2) is 109 Å². The predicted octanol–water partition coefficient (Wildman–Crippen LogP) is 10.3. The molecule has 0 amide bonds. The van der Waals surface area contributed by atoms with Crippen molar-refractivity contribution >= 4 is 101 Å². The summed E-state index contributed by atoms with van der Waals surface area (Å²) in [6, 6.07) is 13.2. The zero-order valence-corrected chi connectivity index (χ0v) is 43.9. The lowest BCUT2D eigenvalue weighted by molar-refractivity contribution is -0.422. The highest BCUT2D eigenvalue weighted by Gasteiger charge is 2.35. The first-order valence-electron chi connectivity index (χ1n) is 24.4. The highest BCUT2D eigenvalue weighted by atomic mass is 16.7. The molecule has 10 aromatic rings. The number of nitro groups is 12. The van der Waals surface area contributed by atoms with E-state index >= 15 is 0 Å². The van der Waals surface area contributed by atoms with Gasteiger partial charge in [0.25, 0.3) is 0 Å². The van der Waals surface area contributed by atoms with Crippen molar-refractivity contribution in [2.75, 3.05) is 0 Å².